The highest BCUT2D eigenvalue weighted by Gasteiger charge is 2.17. The van der Waals surface area contributed by atoms with Crippen LogP contribution in [0, 0.1) is 10.1 Å². The first-order valence-electron chi connectivity index (χ1n) is 9.49. The minimum absolute atomic E-state index is 0.175. The van der Waals surface area contributed by atoms with Gasteiger partial charge < -0.3 is 15.4 Å². The topological polar surface area (TPSA) is 111 Å². The fraction of sp³-hybridized carbons (Fsp3) is 0.130. The molecule has 0 unspecified atom stereocenters. The van der Waals surface area contributed by atoms with Crippen LogP contribution in [0.2, 0.25) is 0 Å². The van der Waals surface area contributed by atoms with Gasteiger partial charge in [0.1, 0.15) is 5.69 Å². The molecule has 158 valence electrons. The largest absolute Gasteiger partial charge is 0.465 e. The normalized spacial score (nSPS) is 10.2. The van der Waals surface area contributed by atoms with Crippen LogP contribution in [0.4, 0.5) is 11.4 Å². The summed E-state index contributed by atoms with van der Waals surface area (Å²) in [7, 11) is 1.30. The molecule has 8 heteroatoms. The molecule has 3 aromatic rings. The van der Waals surface area contributed by atoms with Crippen molar-refractivity contribution in [1.29, 1.82) is 0 Å². The quantitative estimate of drug-likeness (QED) is 0.325. The van der Waals surface area contributed by atoms with E-state index in [1.165, 1.54) is 25.3 Å². The summed E-state index contributed by atoms with van der Waals surface area (Å²) >= 11 is 0. The van der Waals surface area contributed by atoms with E-state index in [9.17, 15) is 19.7 Å². The first-order chi connectivity index (χ1) is 15.0. The van der Waals surface area contributed by atoms with Crippen LogP contribution >= 0.6 is 0 Å². The second-order valence-corrected chi connectivity index (χ2v) is 6.70. The van der Waals surface area contributed by atoms with Crippen LogP contribution in [0.3, 0.4) is 0 Å². The van der Waals surface area contributed by atoms with E-state index in [2.05, 4.69) is 15.4 Å². The Morgan fingerprint density at radius 3 is 2.19 bits per heavy atom. The van der Waals surface area contributed by atoms with E-state index in [1.54, 1.807) is 24.3 Å². The number of nitrogens with one attached hydrogen (secondary N) is 2. The number of nitrogens with zero attached hydrogens (tertiary/aromatic N) is 1. The molecular formula is C23H21N3O5. The number of hydrogen-bond acceptors (Lipinski definition) is 6. The average Bonchev–Trinajstić information content (AvgIpc) is 2.81. The van der Waals surface area contributed by atoms with Gasteiger partial charge in [-0.1, -0.05) is 42.5 Å². The van der Waals surface area contributed by atoms with Crippen molar-refractivity contribution < 1.29 is 19.2 Å². The molecule has 0 heterocycles. The number of rotatable bonds is 8. The highest BCUT2D eigenvalue weighted by atomic mass is 16.6. The molecule has 3 rings (SSSR count). The third-order valence-electron chi connectivity index (χ3n) is 4.61. The maximum atomic E-state index is 12.5. The van der Waals surface area contributed by atoms with Crippen molar-refractivity contribution in [2.24, 2.45) is 0 Å². The molecule has 0 saturated carbocycles. The van der Waals surface area contributed by atoms with Crippen LogP contribution in [0.25, 0.3) is 0 Å². The molecule has 2 N–H and O–H groups in total. The number of anilines is 1. The summed E-state index contributed by atoms with van der Waals surface area (Å²) in [6.45, 7) is 0.636. The predicted octanol–water partition coefficient (Wildman–Crippen LogP) is 3.92. The summed E-state index contributed by atoms with van der Waals surface area (Å²) in [6.07, 6.45) is 0. The first kappa shape index (κ1) is 21.5. The van der Waals surface area contributed by atoms with E-state index in [0.29, 0.717) is 17.8 Å². The average molecular weight is 419 g/mol. The lowest BCUT2D eigenvalue weighted by atomic mass is 10.1. The van der Waals surface area contributed by atoms with E-state index in [4.69, 9.17) is 0 Å². The van der Waals surface area contributed by atoms with Gasteiger partial charge in [0.2, 0.25) is 0 Å². The van der Waals surface area contributed by atoms with Crippen molar-refractivity contribution in [2.45, 2.75) is 13.1 Å². The van der Waals surface area contributed by atoms with Gasteiger partial charge in [0, 0.05) is 24.7 Å². The van der Waals surface area contributed by atoms with Crippen LogP contribution in [0.5, 0.6) is 0 Å². The lowest BCUT2D eigenvalue weighted by molar-refractivity contribution is -0.384. The van der Waals surface area contributed by atoms with Gasteiger partial charge in [-0.2, -0.15) is 0 Å². The fourth-order valence-corrected chi connectivity index (χ4v) is 2.93. The molecule has 0 atom stereocenters. The van der Waals surface area contributed by atoms with Gasteiger partial charge in [-0.05, 0) is 35.4 Å². The molecule has 0 aliphatic rings. The standard InChI is InChI=1S/C23H21N3O5/c1-31-23(28)18-9-7-17(8-10-18)15-25-22(27)19-11-12-20(21(13-19)26(29)30)24-14-16-5-3-2-4-6-16/h2-13,24H,14-15H2,1H3,(H,25,27). The number of nitro groups is 1. The van der Waals surface area contributed by atoms with E-state index < -0.39 is 16.8 Å². The summed E-state index contributed by atoms with van der Waals surface area (Å²) in [5.41, 5.74) is 2.51. The van der Waals surface area contributed by atoms with Crippen molar-refractivity contribution in [3.63, 3.8) is 0 Å². The van der Waals surface area contributed by atoms with Crippen molar-refractivity contribution >= 4 is 23.3 Å². The van der Waals surface area contributed by atoms with Gasteiger partial charge in [-0.25, -0.2) is 4.79 Å². The Morgan fingerprint density at radius 2 is 1.55 bits per heavy atom. The summed E-state index contributed by atoms with van der Waals surface area (Å²) in [6, 6.07) is 20.4. The van der Waals surface area contributed by atoms with E-state index in [1.807, 2.05) is 30.3 Å². The van der Waals surface area contributed by atoms with Crippen LogP contribution in [0.1, 0.15) is 31.8 Å². The molecule has 0 spiro atoms. The summed E-state index contributed by atoms with van der Waals surface area (Å²) in [5, 5.41) is 17.3. The lowest BCUT2D eigenvalue weighted by Crippen LogP contribution is -2.23. The third kappa shape index (κ3) is 5.66. The monoisotopic (exact) mass is 419 g/mol. The smallest absolute Gasteiger partial charge is 0.337 e. The molecule has 0 bridgehead atoms. The number of carbonyl (C=O) groups is 2. The molecular weight excluding hydrogens is 398 g/mol. The summed E-state index contributed by atoms with van der Waals surface area (Å²) < 4.78 is 4.65. The van der Waals surface area contributed by atoms with Crippen molar-refractivity contribution in [1.82, 2.24) is 5.32 Å². The number of methoxy groups -OCH3 is 1. The maximum Gasteiger partial charge on any atom is 0.337 e. The molecule has 3 aromatic carbocycles. The van der Waals surface area contributed by atoms with Gasteiger partial charge in [-0.3, -0.25) is 14.9 Å². The van der Waals surface area contributed by atoms with Crippen LogP contribution in [-0.2, 0) is 17.8 Å². The predicted molar refractivity (Wildman–Crippen MR) is 116 cm³/mol. The zero-order valence-electron chi connectivity index (χ0n) is 16.8. The Bertz CT molecular complexity index is 1080. The third-order valence-corrected chi connectivity index (χ3v) is 4.61. The Hall–Kier alpha value is -4.20. The number of hydrogen-bond donors (Lipinski definition) is 2. The number of ether oxygens (including phenoxy) is 1. The molecule has 0 aliphatic heterocycles. The molecule has 0 radical (unpaired) electrons. The lowest BCUT2D eigenvalue weighted by Gasteiger charge is -2.10. The minimum Gasteiger partial charge on any atom is -0.465 e. The number of carbonyl (C=O) groups excluding carboxylic acids is 2. The van der Waals surface area contributed by atoms with Crippen LogP contribution in [-0.4, -0.2) is 23.9 Å². The maximum absolute atomic E-state index is 12.5. The van der Waals surface area contributed by atoms with Gasteiger partial charge in [0.05, 0.1) is 17.6 Å². The molecule has 0 fully saturated rings. The van der Waals surface area contributed by atoms with Gasteiger partial charge >= 0.3 is 5.97 Å². The van der Waals surface area contributed by atoms with Crippen molar-refractivity contribution in [2.75, 3.05) is 12.4 Å². The number of nitro benzene ring substituents is 1. The number of esters is 1. The van der Waals surface area contributed by atoms with E-state index >= 15 is 0 Å². The second-order valence-electron chi connectivity index (χ2n) is 6.70. The van der Waals surface area contributed by atoms with Gasteiger partial charge in [0.25, 0.3) is 11.6 Å². The van der Waals surface area contributed by atoms with Crippen LogP contribution in [0.15, 0.2) is 72.8 Å². The zero-order valence-corrected chi connectivity index (χ0v) is 16.8. The van der Waals surface area contributed by atoms with E-state index in [0.717, 1.165) is 11.1 Å². The zero-order chi connectivity index (χ0) is 22.2. The number of benzene rings is 3. The molecule has 8 nitrogen and oxygen atoms in total. The highest BCUT2D eigenvalue weighted by Crippen LogP contribution is 2.26. The summed E-state index contributed by atoms with van der Waals surface area (Å²) in [5.74, 6) is -0.876. The van der Waals surface area contributed by atoms with Gasteiger partial charge in [0.15, 0.2) is 0 Å². The van der Waals surface area contributed by atoms with Crippen LogP contribution < -0.4 is 10.6 Å². The fourth-order valence-electron chi connectivity index (χ4n) is 2.93. The first-order valence-corrected chi connectivity index (χ1v) is 9.49. The summed E-state index contributed by atoms with van der Waals surface area (Å²) in [4.78, 5) is 34.9. The highest BCUT2D eigenvalue weighted by molar-refractivity contribution is 5.95. The SMILES string of the molecule is COC(=O)c1ccc(CNC(=O)c2ccc(NCc3ccccc3)c([N+](=O)[O-])c2)cc1. The Balaban J connectivity index is 1.66. The molecule has 31 heavy (non-hydrogen) atoms. The minimum atomic E-state index is -0.518. The Kier molecular flexibility index (Phi) is 6.95. The van der Waals surface area contributed by atoms with Crippen molar-refractivity contribution in [3.05, 3.63) is 105 Å². The number of amides is 1. The second kappa shape index (κ2) is 10.0. The molecule has 1 amide bonds. The van der Waals surface area contributed by atoms with Gasteiger partial charge in [-0.15, -0.1) is 0 Å². The van der Waals surface area contributed by atoms with Crippen molar-refractivity contribution in [3.8, 4) is 0 Å². The molecule has 0 aliphatic carbocycles. The molecule has 0 saturated heterocycles. The Labute approximate surface area is 179 Å². The van der Waals surface area contributed by atoms with E-state index in [-0.39, 0.29) is 17.8 Å². The molecule has 0 aromatic heterocycles. The Morgan fingerprint density at radius 1 is 0.903 bits per heavy atom.